The zero-order chi connectivity index (χ0) is 12.3. The molecule has 1 aromatic rings. The maximum Gasteiger partial charge on any atom is 0.0386 e. The van der Waals surface area contributed by atoms with Gasteiger partial charge in [0.15, 0.2) is 0 Å². The highest BCUT2D eigenvalue weighted by Crippen LogP contribution is 2.23. The number of hydrogen-bond donors (Lipinski definition) is 0. The minimum atomic E-state index is 0.369. The standard InChI is InChI=1S/C15H22ClN/c1-3-13-4-6-14(7-5-13)11-17-9-8-15(16)12(2)10-17/h4-7,12,15H,3,8-11H2,1-2H3. The molecule has 0 bridgehead atoms. The molecule has 1 fully saturated rings. The molecule has 0 N–H and O–H groups in total. The van der Waals surface area contributed by atoms with Crippen molar-refractivity contribution in [2.75, 3.05) is 13.1 Å². The molecule has 0 aromatic heterocycles. The van der Waals surface area contributed by atoms with Crippen LogP contribution in [0.1, 0.15) is 31.4 Å². The van der Waals surface area contributed by atoms with Crippen LogP contribution in [0.15, 0.2) is 24.3 Å². The molecule has 0 aliphatic carbocycles. The summed E-state index contributed by atoms with van der Waals surface area (Å²) in [5.41, 5.74) is 2.84. The van der Waals surface area contributed by atoms with Crippen LogP contribution in [0.5, 0.6) is 0 Å². The van der Waals surface area contributed by atoms with Crippen molar-refractivity contribution in [1.29, 1.82) is 0 Å². The van der Waals surface area contributed by atoms with E-state index in [1.807, 2.05) is 0 Å². The average Bonchev–Trinajstić information content (AvgIpc) is 2.35. The summed E-state index contributed by atoms with van der Waals surface area (Å²) in [6.45, 7) is 7.78. The number of likely N-dealkylation sites (tertiary alicyclic amines) is 1. The molecule has 0 spiro atoms. The first-order valence-corrected chi connectivity index (χ1v) is 7.07. The van der Waals surface area contributed by atoms with E-state index in [2.05, 4.69) is 43.0 Å². The number of rotatable bonds is 3. The van der Waals surface area contributed by atoms with Crippen LogP contribution in [-0.4, -0.2) is 23.4 Å². The number of benzene rings is 1. The number of hydrogen-bond acceptors (Lipinski definition) is 1. The zero-order valence-electron chi connectivity index (χ0n) is 10.8. The fourth-order valence-electron chi connectivity index (χ4n) is 2.49. The first-order valence-electron chi connectivity index (χ1n) is 6.63. The van der Waals surface area contributed by atoms with E-state index >= 15 is 0 Å². The van der Waals surface area contributed by atoms with E-state index in [4.69, 9.17) is 11.6 Å². The molecule has 1 aliphatic heterocycles. The van der Waals surface area contributed by atoms with Gasteiger partial charge in [0.2, 0.25) is 0 Å². The largest absolute Gasteiger partial charge is 0.299 e. The highest BCUT2D eigenvalue weighted by molar-refractivity contribution is 6.20. The van der Waals surface area contributed by atoms with Gasteiger partial charge in [-0.25, -0.2) is 0 Å². The normalized spacial score (nSPS) is 26.1. The van der Waals surface area contributed by atoms with Crippen LogP contribution in [-0.2, 0) is 13.0 Å². The second-order valence-electron chi connectivity index (χ2n) is 5.19. The van der Waals surface area contributed by atoms with Crippen molar-refractivity contribution in [3.8, 4) is 0 Å². The van der Waals surface area contributed by atoms with Gasteiger partial charge in [0.05, 0.1) is 0 Å². The van der Waals surface area contributed by atoms with Gasteiger partial charge in [0.1, 0.15) is 0 Å². The summed E-state index contributed by atoms with van der Waals surface area (Å²) in [5, 5.41) is 0.369. The molecule has 2 unspecified atom stereocenters. The minimum Gasteiger partial charge on any atom is -0.299 e. The fourth-order valence-corrected chi connectivity index (χ4v) is 2.66. The molecule has 1 aromatic carbocycles. The first kappa shape index (κ1) is 12.9. The van der Waals surface area contributed by atoms with Crippen LogP contribution < -0.4 is 0 Å². The molecule has 1 nitrogen and oxygen atoms in total. The summed E-state index contributed by atoms with van der Waals surface area (Å²) >= 11 is 6.25. The second-order valence-corrected chi connectivity index (χ2v) is 5.75. The monoisotopic (exact) mass is 251 g/mol. The Morgan fingerprint density at radius 3 is 2.47 bits per heavy atom. The first-order chi connectivity index (χ1) is 8.19. The van der Waals surface area contributed by atoms with Gasteiger partial charge in [-0.05, 0) is 36.4 Å². The van der Waals surface area contributed by atoms with Crippen molar-refractivity contribution in [2.24, 2.45) is 5.92 Å². The Morgan fingerprint density at radius 1 is 1.24 bits per heavy atom. The lowest BCUT2D eigenvalue weighted by atomic mass is 9.99. The Hall–Kier alpha value is -0.530. The summed E-state index contributed by atoms with van der Waals surface area (Å²) < 4.78 is 0. The van der Waals surface area contributed by atoms with E-state index in [1.54, 1.807) is 0 Å². The van der Waals surface area contributed by atoms with Crippen LogP contribution in [0.4, 0.5) is 0 Å². The van der Waals surface area contributed by atoms with Crippen LogP contribution in [0.3, 0.4) is 0 Å². The van der Waals surface area contributed by atoms with E-state index in [-0.39, 0.29) is 0 Å². The van der Waals surface area contributed by atoms with Crippen molar-refractivity contribution >= 4 is 11.6 Å². The molecule has 17 heavy (non-hydrogen) atoms. The van der Waals surface area contributed by atoms with Gasteiger partial charge in [0, 0.05) is 18.5 Å². The molecule has 94 valence electrons. The Bertz CT molecular complexity index is 346. The molecule has 0 saturated carbocycles. The third-order valence-electron chi connectivity index (χ3n) is 3.72. The minimum absolute atomic E-state index is 0.369. The quantitative estimate of drug-likeness (QED) is 0.741. The Balaban J connectivity index is 1.92. The van der Waals surface area contributed by atoms with Crippen LogP contribution in [0.2, 0.25) is 0 Å². The van der Waals surface area contributed by atoms with Crippen molar-refractivity contribution in [3.05, 3.63) is 35.4 Å². The smallest absolute Gasteiger partial charge is 0.0386 e. The van der Waals surface area contributed by atoms with Crippen LogP contribution >= 0.6 is 11.6 Å². The van der Waals surface area contributed by atoms with Gasteiger partial charge < -0.3 is 0 Å². The number of piperidine rings is 1. The van der Waals surface area contributed by atoms with Crippen molar-refractivity contribution < 1.29 is 0 Å². The van der Waals surface area contributed by atoms with Crippen molar-refractivity contribution in [2.45, 2.75) is 38.6 Å². The number of aryl methyl sites for hydroxylation is 1. The van der Waals surface area contributed by atoms with Crippen LogP contribution in [0.25, 0.3) is 0 Å². The van der Waals surface area contributed by atoms with E-state index in [0.717, 1.165) is 32.5 Å². The summed E-state index contributed by atoms with van der Waals surface area (Å²) in [4.78, 5) is 2.52. The van der Waals surface area contributed by atoms with Gasteiger partial charge in [-0.3, -0.25) is 4.90 Å². The number of alkyl halides is 1. The second kappa shape index (κ2) is 5.88. The third-order valence-corrected chi connectivity index (χ3v) is 4.37. The Morgan fingerprint density at radius 2 is 1.88 bits per heavy atom. The van der Waals surface area contributed by atoms with Gasteiger partial charge in [-0.2, -0.15) is 0 Å². The molecular formula is C15H22ClN. The van der Waals surface area contributed by atoms with E-state index in [9.17, 15) is 0 Å². The molecule has 2 heteroatoms. The zero-order valence-corrected chi connectivity index (χ0v) is 11.6. The summed E-state index contributed by atoms with van der Waals surface area (Å²) in [6.07, 6.45) is 2.24. The van der Waals surface area contributed by atoms with E-state index in [0.29, 0.717) is 11.3 Å². The lowest BCUT2D eigenvalue weighted by molar-refractivity contribution is 0.180. The Kier molecular flexibility index (Phi) is 4.47. The van der Waals surface area contributed by atoms with Crippen LogP contribution in [0, 0.1) is 5.92 Å². The van der Waals surface area contributed by atoms with Gasteiger partial charge in [0.25, 0.3) is 0 Å². The summed E-state index contributed by atoms with van der Waals surface area (Å²) in [6, 6.07) is 9.01. The number of halogens is 1. The predicted octanol–water partition coefficient (Wildman–Crippen LogP) is 3.70. The van der Waals surface area contributed by atoms with E-state index in [1.165, 1.54) is 11.1 Å². The van der Waals surface area contributed by atoms with E-state index < -0.39 is 0 Å². The highest BCUT2D eigenvalue weighted by Gasteiger charge is 2.23. The molecule has 2 atom stereocenters. The maximum absolute atomic E-state index is 6.25. The molecule has 0 amide bonds. The molecular weight excluding hydrogens is 230 g/mol. The van der Waals surface area contributed by atoms with Gasteiger partial charge in [-0.15, -0.1) is 11.6 Å². The van der Waals surface area contributed by atoms with Crippen molar-refractivity contribution in [1.82, 2.24) is 4.90 Å². The average molecular weight is 252 g/mol. The Labute approximate surface area is 110 Å². The third kappa shape index (κ3) is 3.46. The topological polar surface area (TPSA) is 3.24 Å². The SMILES string of the molecule is CCc1ccc(CN2CCC(Cl)C(C)C2)cc1. The molecule has 0 radical (unpaired) electrons. The van der Waals surface area contributed by atoms with Crippen molar-refractivity contribution in [3.63, 3.8) is 0 Å². The lowest BCUT2D eigenvalue weighted by Gasteiger charge is -2.34. The fraction of sp³-hybridized carbons (Fsp3) is 0.600. The number of nitrogens with zero attached hydrogens (tertiary/aromatic N) is 1. The summed E-state index contributed by atoms with van der Waals surface area (Å²) in [7, 11) is 0. The summed E-state index contributed by atoms with van der Waals surface area (Å²) in [5.74, 6) is 0.611. The predicted molar refractivity (Wildman–Crippen MR) is 74.5 cm³/mol. The van der Waals surface area contributed by atoms with Gasteiger partial charge in [-0.1, -0.05) is 38.1 Å². The molecule has 1 saturated heterocycles. The lowest BCUT2D eigenvalue weighted by Crippen LogP contribution is -2.39. The molecule has 2 rings (SSSR count). The molecule has 1 aliphatic rings. The van der Waals surface area contributed by atoms with Gasteiger partial charge >= 0.3 is 0 Å². The molecule has 1 heterocycles. The highest BCUT2D eigenvalue weighted by atomic mass is 35.5. The maximum atomic E-state index is 6.25.